The van der Waals surface area contributed by atoms with E-state index in [0.29, 0.717) is 36.6 Å². The van der Waals surface area contributed by atoms with Gasteiger partial charge in [0.25, 0.3) is 11.8 Å². The Balaban J connectivity index is 0.000000178. The van der Waals surface area contributed by atoms with Gasteiger partial charge < -0.3 is 40.2 Å². The van der Waals surface area contributed by atoms with Crippen LogP contribution in [-0.4, -0.2) is 137 Å². The van der Waals surface area contributed by atoms with Crippen molar-refractivity contribution in [2.75, 3.05) is 73.7 Å². The van der Waals surface area contributed by atoms with Gasteiger partial charge in [-0.3, -0.25) is 19.6 Å². The third kappa shape index (κ3) is 10.9. The second-order valence-electron chi connectivity index (χ2n) is 18.3. The van der Waals surface area contributed by atoms with Crippen molar-refractivity contribution < 1.29 is 35.9 Å². The minimum Gasteiger partial charge on any atom is -0.364 e. The number of fused-ring (bicyclic) bond motifs is 2. The third-order valence-corrected chi connectivity index (χ3v) is 15.9. The van der Waals surface area contributed by atoms with E-state index in [4.69, 9.17) is 11.5 Å². The first-order chi connectivity index (χ1) is 34.6. The molecule has 16 nitrogen and oxygen atoms in total. The van der Waals surface area contributed by atoms with Gasteiger partial charge in [0.1, 0.15) is 34.4 Å². The van der Waals surface area contributed by atoms with Crippen molar-refractivity contribution in [3.8, 4) is 22.8 Å². The molecule has 8 heterocycles. The van der Waals surface area contributed by atoms with Gasteiger partial charge in [-0.25, -0.2) is 26.3 Å². The van der Waals surface area contributed by atoms with Crippen LogP contribution in [0, 0.1) is 46.7 Å². The SMILES string of the molecule is Cn1c(SCCCN2C[C@@H]3CCN(c4c(F)cc(F)cc4F)[C@@H]3C2)nnc1-c1ccc(C(N)=O)nc1.Cn1c(SCCCN2C[C@H]3CCN(c4c(F)cc(F)cc4F)[C@H]3C2)nnc1-c1ccc(C(N)=O)nc1. The van der Waals surface area contributed by atoms with E-state index >= 15 is 0 Å². The fourth-order valence-corrected chi connectivity index (χ4v) is 11.9. The number of nitrogens with zero attached hydrogens (tertiary/aromatic N) is 12. The molecule has 4 saturated heterocycles. The van der Waals surface area contributed by atoms with Crippen LogP contribution in [0.2, 0.25) is 0 Å². The van der Waals surface area contributed by atoms with E-state index in [1.54, 1.807) is 70.0 Å². The van der Waals surface area contributed by atoms with Crippen LogP contribution in [0.5, 0.6) is 0 Å². The van der Waals surface area contributed by atoms with Crippen LogP contribution >= 0.6 is 23.5 Å². The van der Waals surface area contributed by atoms with Gasteiger partial charge in [-0.1, -0.05) is 23.5 Å². The summed E-state index contributed by atoms with van der Waals surface area (Å²) in [6.45, 7) is 6.12. The largest absolute Gasteiger partial charge is 0.364 e. The Kier molecular flexibility index (Phi) is 15.4. The Labute approximate surface area is 419 Å². The zero-order chi connectivity index (χ0) is 50.8. The number of thioether (sulfide) groups is 2. The molecule has 2 amide bonds. The van der Waals surface area contributed by atoms with Crippen LogP contribution in [0.1, 0.15) is 46.7 Å². The second kappa shape index (κ2) is 21.9. The van der Waals surface area contributed by atoms with Crippen molar-refractivity contribution >= 4 is 46.7 Å². The van der Waals surface area contributed by atoms with Crippen molar-refractivity contribution in [1.82, 2.24) is 49.3 Å². The number of aromatic nitrogens is 8. The van der Waals surface area contributed by atoms with Crippen LogP contribution < -0.4 is 21.3 Å². The number of carbonyl (C=O) groups excluding carboxylic acids is 2. The zero-order valence-corrected chi connectivity index (χ0v) is 41.0. The molecule has 24 heteroatoms. The summed E-state index contributed by atoms with van der Waals surface area (Å²) in [6.07, 6.45) is 6.67. The Morgan fingerprint density at radius 1 is 0.583 bits per heavy atom. The lowest BCUT2D eigenvalue weighted by Gasteiger charge is -2.27. The van der Waals surface area contributed by atoms with Crippen LogP contribution in [0.3, 0.4) is 0 Å². The Bertz CT molecular complexity index is 2690. The molecule has 4 fully saturated rings. The van der Waals surface area contributed by atoms with Gasteiger partial charge in [0.2, 0.25) is 0 Å². The Hall–Kier alpha value is -6.24. The van der Waals surface area contributed by atoms with Gasteiger partial charge in [0, 0.05) is 125 Å². The lowest BCUT2D eigenvalue weighted by molar-refractivity contribution is 0.0987. The van der Waals surface area contributed by atoms with Gasteiger partial charge in [-0.15, -0.1) is 20.4 Å². The summed E-state index contributed by atoms with van der Waals surface area (Å²) >= 11 is 3.20. The number of hydrogen-bond acceptors (Lipinski definition) is 14. The molecule has 2 aromatic carbocycles. The topological polar surface area (TPSA) is 186 Å². The number of likely N-dealkylation sites (tertiary alicyclic amines) is 2. The smallest absolute Gasteiger partial charge is 0.267 e. The van der Waals surface area contributed by atoms with Crippen LogP contribution in [0.25, 0.3) is 22.8 Å². The number of primary amides is 2. The molecule has 0 unspecified atom stereocenters. The summed E-state index contributed by atoms with van der Waals surface area (Å²) in [5, 5.41) is 18.6. The van der Waals surface area contributed by atoms with E-state index in [-0.39, 0.29) is 34.8 Å². The molecule has 4 aromatic heterocycles. The summed E-state index contributed by atoms with van der Waals surface area (Å²) in [7, 11) is 3.76. The molecule has 0 aliphatic carbocycles. The predicted octanol–water partition coefficient (Wildman–Crippen LogP) is 6.17. The second-order valence-corrected chi connectivity index (χ2v) is 20.4. The summed E-state index contributed by atoms with van der Waals surface area (Å²) < 4.78 is 87.8. The molecule has 6 aromatic rings. The van der Waals surface area contributed by atoms with Gasteiger partial charge >= 0.3 is 0 Å². The minimum atomic E-state index is -0.900. The van der Waals surface area contributed by atoms with Gasteiger partial charge in [-0.05, 0) is 74.9 Å². The average Bonchev–Trinajstić information content (AvgIpc) is 4.21. The standard InChI is InChI=1S/2C24H26F3N7OS/c2*1-32-23(14-3-4-19(22(28)35)29-11-14)30-31-24(32)36-8-2-6-33-12-15-5-7-34(20(15)13-33)21-17(26)9-16(25)10-18(21)27/h2*3-4,9-11,15,20H,2,5-8,12-13H2,1H3,(H2,28,35)/t2*15-,20+/m10/s1. The highest BCUT2D eigenvalue weighted by molar-refractivity contribution is 7.99. The highest BCUT2D eigenvalue weighted by Gasteiger charge is 2.44. The molecular weight excluding hydrogens is 983 g/mol. The normalized spacial score (nSPS) is 19.7. The molecule has 4 N–H and O–H groups in total. The first kappa shape index (κ1) is 50.7. The molecule has 4 aliphatic rings. The molecule has 380 valence electrons. The van der Waals surface area contributed by atoms with E-state index in [9.17, 15) is 35.9 Å². The average molecular weight is 1040 g/mol. The quantitative estimate of drug-likeness (QED) is 0.0637. The van der Waals surface area contributed by atoms with Gasteiger partial charge in [-0.2, -0.15) is 0 Å². The lowest BCUT2D eigenvalue weighted by atomic mass is 10.0. The van der Waals surface area contributed by atoms with E-state index in [0.717, 1.165) is 122 Å². The molecule has 72 heavy (non-hydrogen) atoms. The van der Waals surface area contributed by atoms with Crippen molar-refractivity contribution in [2.45, 2.75) is 48.1 Å². The maximum atomic E-state index is 14.3. The highest BCUT2D eigenvalue weighted by Crippen LogP contribution is 2.40. The van der Waals surface area contributed by atoms with E-state index in [1.165, 1.54) is 0 Å². The molecule has 0 bridgehead atoms. The van der Waals surface area contributed by atoms with Gasteiger partial charge in [0.15, 0.2) is 45.2 Å². The van der Waals surface area contributed by atoms with E-state index in [1.807, 2.05) is 23.2 Å². The van der Waals surface area contributed by atoms with Crippen molar-refractivity contribution in [2.24, 2.45) is 37.4 Å². The first-order valence-corrected chi connectivity index (χ1v) is 25.4. The summed E-state index contributed by atoms with van der Waals surface area (Å²) in [4.78, 5) is 38.7. The molecule has 4 atom stereocenters. The molecular formula is C48H52F6N14O2S2. The van der Waals surface area contributed by atoms with Crippen molar-refractivity contribution in [1.29, 1.82) is 0 Å². The molecule has 10 rings (SSSR count). The number of nitrogens with two attached hydrogens (primary N) is 2. The van der Waals surface area contributed by atoms with Crippen molar-refractivity contribution in [3.63, 3.8) is 0 Å². The van der Waals surface area contributed by atoms with Crippen LogP contribution in [-0.2, 0) is 14.1 Å². The maximum Gasteiger partial charge on any atom is 0.267 e. The monoisotopic (exact) mass is 1030 g/mol. The number of pyridine rings is 2. The predicted molar refractivity (Wildman–Crippen MR) is 260 cm³/mol. The molecule has 4 aliphatic heterocycles. The number of anilines is 2. The van der Waals surface area contributed by atoms with Crippen LogP contribution in [0.15, 0.2) is 71.2 Å². The highest BCUT2D eigenvalue weighted by atomic mass is 32.2. The number of amides is 2. The Morgan fingerprint density at radius 2 is 0.972 bits per heavy atom. The Morgan fingerprint density at radius 3 is 1.32 bits per heavy atom. The fraction of sp³-hybridized carbons (Fsp3) is 0.417. The zero-order valence-electron chi connectivity index (χ0n) is 39.4. The fourth-order valence-electron chi connectivity index (χ4n) is 10.3. The summed E-state index contributed by atoms with van der Waals surface area (Å²) in [5.41, 5.74) is 12.1. The summed E-state index contributed by atoms with van der Waals surface area (Å²) in [6, 6.07) is 9.66. The van der Waals surface area contributed by atoms with Crippen molar-refractivity contribution in [3.05, 3.63) is 107 Å². The van der Waals surface area contributed by atoms with E-state index < -0.39 is 46.7 Å². The first-order valence-electron chi connectivity index (χ1n) is 23.5. The van der Waals surface area contributed by atoms with E-state index in [2.05, 4.69) is 40.2 Å². The number of halogens is 6. The molecule has 0 saturated carbocycles. The minimum absolute atomic E-state index is 0.0305. The molecule has 0 spiro atoms. The van der Waals surface area contributed by atoms with Gasteiger partial charge in [0.05, 0.1) is 0 Å². The number of hydrogen-bond donors (Lipinski definition) is 2. The summed E-state index contributed by atoms with van der Waals surface area (Å²) in [5.74, 6) is -2.68. The third-order valence-electron chi connectivity index (χ3n) is 13.7. The maximum absolute atomic E-state index is 14.3. The van der Waals surface area contributed by atoms with Crippen LogP contribution in [0.4, 0.5) is 37.7 Å². The number of rotatable bonds is 16. The lowest BCUT2D eigenvalue weighted by Crippen LogP contribution is -2.36. The number of benzene rings is 2. The number of carbonyl (C=O) groups is 2. The molecule has 0 radical (unpaired) electrons.